The number of nitrogens with zero attached hydrogens (tertiary/aromatic N) is 1. The minimum Gasteiger partial charge on any atom is -0.447 e. The molecule has 4 rings (SSSR count). The first-order chi connectivity index (χ1) is 10.3. The molecule has 2 aromatic carbocycles. The fourth-order valence-electron chi connectivity index (χ4n) is 3.09. The maximum Gasteiger partial charge on any atom is 0.414 e. The van der Waals surface area contributed by atoms with E-state index in [1.54, 1.807) is 4.90 Å². The van der Waals surface area contributed by atoms with Gasteiger partial charge in [0.15, 0.2) is 0 Å². The average molecular weight is 277 g/mol. The third kappa shape index (κ3) is 2.02. The predicted octanol–water partition coefficient (Wildman–Crippen LogP) is 3.56. The number of ether oxygens (including phenoxy) is 1. The van der Waals surface area contributed by atoms with Gasteiger partial charge in [-0.1, -0.05) is 54.6 Å². The van der Waals surface area contributed by atoms with Crippen molar-refractivity contribution in [2.24, 2.45) is 0 Å². The molecule has 2 aromatic rings. The average Bonchev–Trinajstić information content (AvgIpc) is 2.89. The molecule has 3 heteroatoms. The van der Waals surface area contributed by atoms with Crippen molar-refractivity contribution in [3.8, 4) is 0 Å². The van der Waals surface area contributed by atoms with Crippen molar-refractivity contribution in [3.63, 3.8) is 0 Å². The van der Waals surface area contributed by atoms with Crippen molar-refractivity contribution in [2.75, 3.05) is 6.61 Å². The summed E-state index contributed by atoms with van der Waals surface area (Å²) < 4.78 is 5.25. The predicted molar refractivity (Wildman–Crippen MR) is 81.4 cm³/mol. The molecule has 0 saturated carbocycles. The van der Waals surface area contributed by atoms with Crippen LogP contribution in [0.25, 0.3) is 11.8 Å². The first kappa shape index (κ1) is 12.2. The lowest BCUT2D eigenvalue weighted by Crippen LogP contribution is -2.37. The Bertz CT molecular complexity index is 721. The first-order valence-corrected chi connectivity index (χ1v) is 7.14. The van der Waals surface area contributed by atoms with E-state index in [1.807, 2.05) is 42.5 Å². The molecule has 2 heterocycles. The van der Waals surface area contributed by atoms with Gasteiger partial charge in [0.05, 0.1) is 11.7 Å². The molecule has 1 amide bonds. The van der Waals surface area contributed by atoms with Crippen molar-refractivity contribution in [2.45, 2.75) is 12.5 Å². The van der Waals surface area contributed by atoms with E-state index < -0.39 is 0 Å². The zero-order valence-corrected chi connectivity index (χ0v) is 11.5. The molecule has 0 bridgehead atoms. The first-order valence-electron chi connectivity index (χ1n) is 7.14. The molecule has 0 aromatic heterocycles. The molecule has 0 N–H and O–H groups in total. The lowest BCUT2D eigenvalue weighted by molar-refractivity contribution is 0.167. The summed E-state index contributed by atoms with van der Waals surface area (Å²) >= 11 is 0. The van der Waals surface area contributed by atoms with Gasteiger partial charge < -0.3 is 4.74 Å². The third-order valence-electron chi connectivity index (χ3n) is 4.07. The second-order valence-electron chi connectivity index (χ2n) is 5.40. The normalized spacial score (nSPS) is 21.9. The minimum atomic E-state index is -0.239. The molecule has 1 saturated heterocycles. The lowest BCUT2D eigenvalue weighted by Gasteiger charge is -2.31. The quantitative estimate of drug-likeness (QED) is 0.797. The van der Waals surface area contributed by atoms with Crippen molar-refractivity contribution in [1.82, 2.24) is 4.90 Å². The van der Waals surface area contributed by atoms with Crippen LogP contribution < -0.4 is 0 Å². The summed E-state index contributed by atoms with van der Waals surface area (Å²) in [5.74, 6) is 0. The van der Waals surface area contributed by atoms with Gasteiger partial charge in [-0.05, 0) is 23.6 Å². The Morgan fingerprint density at radius 1 is 1.05 bits per heavy atom. The molecule has 1 atom stereocenters. The van der Waals surface area contributed by atoms with E-state index in [2.05, 4.69) is 18.2 Å². The summed E-state index contributed by atoms with van der Waals surface area (Å²) in [6.45, 7) is 0.472. The Hall–Kier alpha value is -2.55. The largest absolute Gasteiger partial charge is 0.447 e. The van der Waals surface area contributed by atoms with E-state index in [4.69, 9.17) is 4.74 Å². The van der Waals surface area contributed by atoms with Crippen LogP contribution in [0.4, 0.5) is 4.79 Å². The SMILES string of the molecule is O=C1OC[C@H]2Cc3ccccc3/C(=C/c3ccccc3)N12. The maximum absolute atomic E-state index is 12.1. The number of fused-ring (bicyclic) bond motifs is 2. The van der Waals surface area contributed by atoms with Crippen LogP contribution in [-0.4, -0.2) is 23.6 Å². The second-order valence-corrected chi connectivity index (χ2v) is 5.40. The molecule has 0 unspecified atom stereocenters. The number of carbonyl (C=O) groups is 1. The highest BCUT2D eigenvalue weighted by atomic mass is 16.6. The van der Waals surface area contributed by atoms with Crippen molar-refractivity contribution >= 4 is 17.9 Å². The van der Waals surface area contributed by atoms with Crippen molar-refractivity contribution in [3.05, 3.63) is 71.3 Å². The molecular weight excluding hydrogens is 262 g/mol. The van der Waals surface area contributed by atoms with Crippen molar-refractivity contribution < 1.29 is 9.53 Å². The summed E-state index contributed by atoms with van der Waals surface area (Å²) in [7, 11) is 0. The molecule has 0 radical (unpaired) electrons. The van der Waals surface area contributed by atoms with Crippen LogP contribution in [0.15, 0.2) is 54.6 Å². The van der Waals surface area contributed by atoms with Crippen LogP contribution in [0.5, 0.6) is 0 Å². The van der Waals surface area contributed by atoms with Crippen LogP contribution in [0.2, 0.25) is 0 Å². The van der Waals surface area contributed by atoms with E-state index in [-0.39, 0.29) is 12.1 Å². The molecule has 0 spiro atoms. The van der Waals surface area contributed by atoms with Gasteiger partial charge in [-0.25, -0.2) is 4.79 Å². The Labute approximate surface area is 123 Å². The topological polar surface area (TPSA) is 29.5 Å². The number of benzene rings is 2. The number of rotatable bonds is 1. The van der Waals surface area contributed by atoms with Gasteiger partial charge in [0.1, 0.15) is 6.61 Å². The van der Waals surface area contributed by atoms with Crippen LogP contribution in [-0.2, 0) is 11.2 Å². The lowest BCUT2D eigenvalue weighted by atomic mass is 9.91. The molecule has 1 fully saturated rings. The fourth-order valence-corrected chi connectivity index (χ4v) is 3.09. The highest BCUT2D eigenvalue weighted by Gasteiger charge is 2.40. The summed E-state index contributed by atoms with van der Waals surface area (Å²) in [5.41, 5.74) is 4.42. The summed E-state index contributed by atoms with van der Waals surface area (Å²) in [4.78, 5) is 13.9. The number of cyclic esters (lactones) is 1. The summed E-state index contributed by atoms with van der Waals surface area (Å²) in [5, 5.41) is 0. The van der Waals surface area contributed by atoms with Gasteiger partial charge in [0, 0.05) is 5.56 Å². The zero-order chi connectivity index (χ0) is 14.2. The Balaban J connectivity index is 1.88. The van der Waals surface area contributed by atoms with Crippen LogP contribution in [0.1, 0.15) is 16.7 Å². The number of hydrogen-bond acceptors (Lipinski definition) is 2. The smallest absolute Gasteiger partial charge is 0.414 e. The maximum atomic E-state index is 12.1. The fraction of sp³-hybridized carbons (Fsp3) is 0.167. The minimum absolute atomic E-state index is 0.113. The van der Waals surface area contributed by atoms with Gasteiger partial charge in [0.25, 0.3) is 0 Å². The molecule has 3 nitrogen and oxygen atoms in total. The molecule has 21 heavy (non-hydrogen) atoms. The standard InChI is InChI=1S/C18H15NO2/c20-18-19-15(12-21-18)11-14-8-4-5-9-16(14)17(19)10-13-6-2-1-3-7-13/h1-10,15H,11-12H2/b17-10-/t15-/m1/s1. The summed E-state index contributed by atoms with van der Waals surface area (Å²) in [6, 6.07) is 18.5. The molecular formula is C18H15NO2. The zero-order valence-electron chi connectivity index (χ0n) is 11.5. The summed E-state index contributed by atoms with van der Waals surface area (Å²) in [6.07, 6.45) is 2.68. The van der Waals surface area contributed by atoms with Gasteiger partial charge >= 0.3 is 6.09 Å². The number of carbonyl (C=O) groups excluding carboxylic acids is 1. The van der Waals surface area contributed by atoms with Crippen LogP contribution in [0, 0.1) is 0 Å². The van der Waals surface area contributed by atoms with Crippen LogP contribution in [0.3, 0.4) is 0 Å². The molecule has 104 valence electrons. The Morgan fingerprint density at radius 3 is 2.67 bits per heavy atom. The number of hydrogen-bond donors (Lipinski definition) is 0. The highest BCUT2D eigenvalue weighted by Crippen LogP contribution is 2.36. The van der Waals surface area contributed by atoms with Gasteiger partial charge in [-0.15, -0.1) is 0 Å². The van der Waals surface area contributed by atoms with E-state index in [0.29, 0.717) is 6.61 Å². The van der Waals surface area contributed by atoms with Gasteiger partial charge in [0.2, 0.25) is 0 Å². The monoisotopic (exact) mass is 277 g/mol. The molecule has 0 aliphatic carbocycles. The van der Waals surface area contributed by atoms with E-state index in [1.165, 1.54) is 5.56 Å². The highest BCUT2D eigenvalue weighted by molar-refractivity contribution is 5.92. The Kier molecular flexibility index (Phi) is 2.78. The molecule has 2 aliphatic heterocycles. The van der Waals surface area contributed by atoms with E-state index in [9.17, 15) is 4.79 Å². The third-order valence-corrected chi connectivity index (χ3v) is 4.07. The van der Waals surface area contributed by atoms with E-state index >= 15 is 0 Å². The van der Waals surface area contributed by atoms with Crippen molar-refractivity contribution in [1.29, 1.82) is 0 Å². The van der Waals surface area contributed by atoms with E-state index in [0.717, 1.165) is 23.2 Å². The van der Waals surface area contributed by atoms with Crippen LogP contribution >= 0.6 is 0 Å². The van der Waals surface area contributed by atoms with Gasteiger partial charge in [-0.2, -0.15) is 0 Å². The second kappa shape index (κ2) is 4.77. The molecule has 2 aliphatic rings. The number of amides is 1. The Morgan fingerprint density at radius 2 is 1.81 bits per heavy atom. The van der Waals surface area contributed by atoms with Gasteiger partial charge in [-0.3, -0.25) is 4.90 Å².